The average Bonchev–Trinajstić information content (AvgIpc) is 2.91. The predicted octanol–water partition coefficient (Wildman–Crippen LogP) is 2.35. The maximum atomic E-state index is 13.0. The van der Waals surface area contributed by atoms with E-state index in [1.165, 1.54) is 13.0 Å². The molecule has 0 aromatic heterocycles. The van der Waals surface area contributed by atoms with Gasteiger partial charge >= 0.3 is 6.03 Å². The van der Waals surface area contributed by atoms with Gasteiger partial charge in [-0.25, -0.2) is 9.69 Å². The molecule has 0 unspecified atom stereocenters. The van der Waals surface area contributed by atoms with Crippen molar-refractivity contribution in [1.82, 2.24) is 10.2 Å². The molecule has 7 nitrogen and oxygen atoms in total. The second-order valence-electron chi connectivity index (χ2n) is 6.45. The Morgan fingerprint density at radius 2 is 1.89 bits per heavy atom. The first kappa shape index (κ1) is 18.1. The number of hydrogen-bond acceptors (Lipinski definition) is 4. The van der Waals surface area contributed by atoms with E-state index in [0.29, 0.717) is 16.8 Å². The molecule has 2 aromatic rings. The van der Waals surface area contributed by atoms with Crippen LogP contribution in [0.25, 0.3) is 0 Å². The summed E-state index contributed by atoms with van der Waals surface area (Å²) in [5.74, 6) is -1.02. The first-order chi connectivity index (χ1) is 12.9. The van der Waals surface area contributed by atoms with E-state index < -0.39 is 29.4 Å². The van der Waals surface area contributed by atoms with Crippen molar-refractivity contribution in [3.8, 4) is 6.07 Å². The highest BCUT2D eigenvalue weighted by molar-refractivity contribution is 6.11. The van der Waals surface area contributed by atoms with Crippen LogP contribution in [0.4, 0.5) is 10.5 Å². The van der Waals surface area contributed by atoms with Gasteiger partial charge in [0.25, 0.3) is 5.91 Å². The van der Waals surface area contributed by atoms with Crippen LogP contribution in [0.1, 0.15) is 25.0 Å². The molecular weight excluding hydrogens is 344 g/mol. The van der Waals surface area contributed by atoms with Gasteiger partial charge < -0.3 is 10.6 Å². The van der Waals surface area contributed by atoms with Gasteiger partial charge in [-0.2, -0.15) is 5.26 Å². The van der Waals surface area contributed by atoms with E-state index in [1.807, 2.05) is 12.1 Å². The Labute approximate surface area is 156 Å². The Morgan fingerprint density at radius 3 is 2.56 bits per heavy atom. The van der Waals surface area contributed by atoms with E-state index in [4.69, 9.17) is 5.26 Å². The number of rotatable bonds is 4. The van der Waals surface area contributed by atoms with Crippen LogP contribution in [-0.4, -0.2) is 28.8 Å². The summed E-state index contributed by atoms with van der Waals surface area (Å²) in [5, 5.41) is 14.3. The molecule has 0 spiro atoms. The van der Waals surface area contributed by atoms with E-state index in [1.54, 1.807) is 49.4 Å². The molecule has 1 fully saturated rings. The molecule has 1 aliphatic heterocycles. The van der Waals surface area contributed by atoms with Gasteiger partial charge in [-0.15, -0.1) is 0 Å². The zero-order chi connectivity index (χ0) is 19.6. The molecule has 136 valence electrons. The lowest BCUT2D eigenvalue weighted by Crippen LogP contribution is -2.47. The Balaban J connectivity index is 1.81. The van der Waals surface area contributed by atoms with E-state index in [9.17, 15) is 14.4 Å². The van der Waals surface area contributed by atoms with Crippen LogP contribution < -0.4 is 10.6 Å². The van der Waals surface area contributed by atoms with Crippen molar-refractivity contribution in [1.29, 1.82) is 5.26 Å². The minimum Gasteiger partial charge on any atom is -0.324 e. The lowest BCUT2D eigenvalue weighted by atomic mass is 9.92. The molecule has 3 rings (SSSR count). The quantitative estimate of drug-likeness (QED) is 0.815. The highest BCUT2D eigenvalue weighted by atomic mass is 16.2. The number of anilines is 1. The molecule has 2 atom stereocenters. The van der Waals surface area contributed by atoms with Gasteiger partial charge in [-0.3, -0.25) is 9.59 Å². The highest BCUT2D eigenvalue weighted by Crippen LogP contribution is 2.30. The van der Waals surface area contributed by atoms with Crippen LogP contribution >= 0.6 is 0 Å². The molecule has 7 heteroatoms. The van der Waals surface area contributed by atoms with Gasteiger partial charge in [0.1, 0.15) is 11.6 Å². The van der Waals surface area contributed by atoms with Gasteiger partial charge in [-0.05, 0) is 37.6 Å². The van der Waals surface area contributed by atoms with Crippen molar-refractivity contribution in [2.45, 2.75) is 25.4 Å². The summed E-state index contributed by atoms with van der Waals surface area (Å²) in [7, 11) is 0. The third-order valence-corrected chi connectivity index (χ3v) is 4.60. The Hall–Kier alpha value is -3.66. The molecule has 2 aromatic carbocycles. The van der Waals surface area contributed by atoms with Gasteiger partial charge in [0.15, 0.2) is 0 Å². The van der Waals surface area contributed by atoms with Gasteiger partial charge in [-0.1, -0.05) is 36.4 Å². The van der Waals surface area contributed by atoms with Crippen molar-refractivity contribution in [3.05, 3.63) is 65.7 Å². The third-order valence-electron chi connectivity index (χ3n) is 4.60. The molecule has 0 saturated carbocycles. The van der Waals surface area contributed by atoms with Gasteiger partial charge in [0.05, 0.1) is 11.6 Å². The van der Waals surface area contributed by atoms with Crippen LogP contribution in [0.2, 0.25) is 0 Å². The van der Waals surface area contributed by atoms with Crippen LogP contribution in [0.15, 0.2) is 54.6 Å². The largest absolute Gasteiger partial charge is 0.326 e. The minimum atomic E-state index is -1.23. The van der Waals surface area contributed by atoms with Crippen LogP contribution in [0, 0.1) is 11.3 Å². The first-order valence-corrected chi connectivity index (χ1v) is 8.39. The molecule has 0 radical (unpaired) electrons. The van der Waals surface area contributed by atoms with Crippen molar-refractivity contribution >= 4 is 23.5 Å². The average molecular weight is 362 g/mol. The van der Waals surface area contributed by atoms with Crippen molar-refractivity contribution in [3.63, 3.8) is 0 Å². The number of nitrogens with zero attached hydrogens (tertiary/aromatic N) is 2. The molecule has 4 amide bonds. The van der Waals surface area contributed by atoms with E-state index in [2.05, 4.69) is 10.6 Å². The van der Waals surface area contributed by atoms with Crippen molar-refractivity contribution < 1.29 is 14.4 Å². The number of amides is 4. The predicted molar refractivity (Wildman–Crippen MR) is 98.4 cm³/mol. The summed E-state index contributed by atoms with van der Waals surface area (Å²) >= 11 is 0. The summed E-state index contributed by atoms with van der Waals surface area (Å²) < 4.78 is 0. The van der Waals surface area contributed by atoms with Crippen LogP contribution in [0.5, 0.6) is 0 Å². The van der Waals surface area contributed by atoms with E-state index in [-0.39, 0.29) is 0 Å². The number of carbonyl (C=O) groups is 3. The number of nitrogens with one attached hydrogen (secondary N) is 2. The smallest absolute Gasteiger partial charge is 0.324 e. The van der Waals surface area contributed by atoms with Gasteiger partial charge in [0.2, 0.25) is 5.91 Å². The van der Waals surface area contributed by atoms with E-state index >= 15 is 0 Å². The number of nitriles is 1. The molecule has 0 aliphatic carbocycles. The number of urea groups is 1. The third kappa shape index (κ3) is 3.25. The molecule has 27 heavy (non-hydrogen) atoms. The molecule has 1 aliphatic rings. The first-order valence-electron chi connectivity index (χ1n) is 8.39. The Morgan fingerprint density at radius 1 is 1.19 bits per heavy atom. The molecule has 2 N–H and O–H groups in total. The summed E-state index contributed by atoms with van der Waals surface area (Å²) in [6.07, 6.45) is 0. The van der Waals surface area contributed by atoms with E-state index in [0.717, 1.165) is 4.90 Å². The second kappa shape index (κ2) is 6.92. The highest BCUT2D eigenvalue weighted by Gasteiger charge is 2.51. The number of imide groups is 1. The SMILES string of the molecule is C[C@H](C(=O)Nc1cccc(C#N)c1)N1C(=O)N[C@@](C)(c2ccccc2)C1=O. The monoisotopic (exact) mass is 362 g/mol. The standard InChI is InChI=1S/C20H18N4O3/c1-13(17(25)22-16-10-6-7-14(11-16)12-21)24-18(26)20(2,23-19(24)27)15-8-4-3-5-9-15/h3-11,13H,1-2H3,(H,22,25)(H,23,27)/t13-,20+/m1/s1. The molecule has 1 heterocycles. The fourth-order valence-electron chi connectivity index (χ4n) is 3.01. The summed E-state index contributed by atoms with van der Waals surface area (Å²) in [6, 6.07) is 15.6. The Kier molecular flexibility index (Phi) is 4.65. The topological polar surface area (TPSA) is 102 Å². The molecular formula is C20H18N4O3. The summed E-state index contributed by atoms with van der Waals surface area (Å²) in [4.78, 5) is 38.9. The summed E-state index contributed by atoms with van der Waals surface area (Å²) in [6.45, 7) is 3.10. The molecule has 1 saturated heterocycles. The Bertz CT molecular complexity index is 951. The van der Waals surface area contributed by atoms with Crippen LogP contribution in [0.3, 0.4) is 0 Å². The zero-order valence-electron chi connectivity index (χ0n) is 14.9. The normalized spacial score (nSPS) is 20.0. The fourth-order valence-corrected chi connectivity index (χ4v) is 3.01. The second-order valence-corrected chi connectivity index (χ2v) is 6.45. The molecule has 0 bridgehead atoms. The maximum absolute atomic E-state index is 13.0. The number of benzene rings is 2. The lowest BCUT2D eigenvalue weighted by Gasteiger charge is -2.24. The lowest BCUT2D eigenvalue weighted by molar-refractivity contribution is -0.136. The minimum absolute atomic E-state index is 0.395. The fraction of sp³-hybridized carbons (Fsp3) is 0.200. The van der Waals surface area contributed by atoms with Crippen molar-refractivity contribution in [2.24, 2.45) is 0 Å². The maximum Gasteiger partial charge on any atom is 0.326 e. The van der Waals surface area contributed by atoms with Gasteiger partial charge in [0, 0.05) is 5.69 Å². The van der Waals surface area contributed by atoms with Crippen molar-refractivity contribution in [2.75, 3.05) is 5.32 Å². The van der Waals surface area contributed by atoms with Crippen LogP contribution in [-0.2, 0) is 15.1 Å². The number of carbonyl (C=O) groups excluding carboxylic acids is 3. The summed E-state index contributed by atoms with van der Waals surface area (Å²) in [5.41, 5.74) is 0.226. The zero-order valence-corrected chi connectivity index (χ0v) is 14.9. The number of hydrogen-bond donors (Lipinski definition) is 2.